The molecule has 0 aromatic carbocycles. The molecule has 0 saturated heterocycles. The number of rotatable bonds is 7. The molecule has 4 heteroatoms. The highest BCUT2D eigenvalue weighted by Crippen LogP contribution is 2.27. The molecule has 21 heavy (non-hydrogen) atoms. The first-order valence-electron chi connectivity index (χ1n) is 8.44. The second-order valence-electron chi connectivity index (χ2n) is 6.81. The van der Waals surface area contributed by atoms with Gasteiger partial charge in [0.1, 0.15) is 5.82 Å². The molecular weight excluding hydrogens is 262 g/mol. The standard InChI is InChI=1S/C17H27N3O/c1-12(2)17-19-10-16(21-11-13-5-3-4-6-13)15(20-17)9-18-14-7-8-14/h10,12-14,18H,3-9,11H2,1-2H3. The molecule has 0 atom stereocenters. The number of nitrogens with one attached hydrogen (secondary N) is 1. The lowest BCUT2D eigenvalue weighted by Crippen LogP contribution is -2.19. The summed E-state index contributed by atoms with van der Waals surface area (Å²) in [6.45, 7) is 5.88. The summed E-state index contributed by atoms with van der Waals surface area (Å²) < 4.78 is 6.04. The van der Waals surface area contributed by atoms with Crippen LogP contribution in [0.4, 0.5) is 0 Å². The van der Waals surface area contributed by atoms with Crippen molar-refractivity contribution in [1.29, 1.82) is 0 Å². The maximum absolute atomic E-state index is 6.04. The van der Waals surface area contributed by atoms with Gasteiger partial charge in [0, 0.05) is 18.5 Å². The van der Waals surface area contributed by atoms with Crippen LogP contribution in [0.15, 0.2) is 6.20 Å². The Hall–Kier alpha value is -1.16. The molecule has 4 nitrogen and oxygen atoms in total. The molecule has 1 heterocycles. The minimum atomic E-state index is 0.355. The lowest BCUT2D eigenvalue weighted by atomic mass is 10.1. The predicted octanol–water partition coefficient (Wildman–Crippen LogP) is 3.42. The van der Waals surface area contributed by atoms with Crippen molar-refractivity contribution in [3.63, 3.8) is 0 Å². The predicted molar refractivity (Wildman–Crippen MR) is 83.4 cm³/mol. The van der Waals surface area contributed by atoms with Gasteiger partial charge in [0.05, 0.1) is 18.5 Å². The molecule has 1 aromatic heterocycles. The van der Waals surface area contributed by atoms with E-state index in [-0.39, 0.29) is 0 Å². The van der Waals surface area contributed by atoms with E-state index in [1.807, 2.05) is 6.20 Å². The number of aromatic nitrogens is 2. The summed E-state index contributed by atoms with van der Waals surface area (Å²) in [5.41, 5.74) is 1.03. The maximum Gasteiger partial charge on any atom is 0.160 e. The van der Waals surface area contributed by atoms with E-state index in [2.05, 4.69) is 24.1 Å². The Morgan fingerprint density at radius 2 is 2.00 bits per heavy atom. The van der Waals surface area contributed by atoms with Crippen LogP contribution in [0.2, 0.25) is 0 Å². The average Bonchev–Trinajstić information content (AvgIpc) is 3.17. The van der Waals surface area contributed by atoms with E-state index in [4.69, 9.17) is 9.72 Å². The van der Waals surface area contributed by atoms with Crippen LogP contribution in [0.25, 0.3) is 0 Å². The van der Waals surface area contributed by atoms with Gasteiger partial charge in [-0.25, -0.2) is 9.97 Å². The van der Waals surface area contributed by atoms with Crippen LogP contribution in [0, 0.1) is 5.92 Å². The molecule has 2 saturated carbocycles. The Balaban J connectivity index is 1.66. The largest absolute Gasteiger partial charge is 0.490 e. The first kappa shape index (κ1) is 14.8. The second-order valence-corrected chi connectivity index (χ2v) is 6.81. The molecule has 2 aliphatic rings. The highest BCUT2D eigenvalue weighted by molar-refractivity contribution is 5.25. The Morgan fingerprint density at radius 3 is 2.67 bits per heavy atom. The fraction of sp³-hybridized carbons (Fsp3) is 0.765. The molecular formula is C17H27N3O. The lowest BCUT2D eigenvalue weighted by Gasteiger charge is -2.15. The summed E-state index contributed by atoms with van der Waals surface area (Å²) in [6.07, 6.45) is 9.78. The monoisotopic (exact) mass is 289 g/mol. The van der Waals surface area contributed by atoms with Crippen LogP contribution < -0.4 is 10.1 Å². The molecule has 0 bridgehead atoms. The van der Waals surface area contributed by atoms with Crippen molar-refractivity contribution in [2.45, 2.75) is 70.9 Å². The van der Waals surface area contributed by atoms with Crippen molar-refractivity contribution >= 4 is 0 Å². The van der Waals surface area contributed by atoms with Crippen LogP contribution in [0.3, 0.4) is 0 Å². The Labute approximate surface area is 127 Å². The van der Waals surface area contributed by atoms with Gasteiger partial charge >= 0.3 is 0 Å². The summed E-state index contributed by atoms with van der Waals surface area (Å²) in [6, 6.07) is 0.685. The molecule has 116 valence electrons. The van der Waals surface area contributed by atoms with Crippen molar-refractivity contribution in [2.24, 2.45) is 5.92 Å². The van der Waals surface area contributed by atoms with Gasteiger partial charge in [0.25, 0.3) is 0 Å². The van der Waals surface area contributed by atoms with Crippen molar-refractivity contribution < 1.29 is 4.74 Å². The highest BCUT2D eigenvalue weighted by Gasteiger charge is 2.22. The minimum Gasteiger partial charge on any atom is -0.490 e. The quantitative estimate of drug-likeness (QED) is 0.835. The van der Waals surface area contributed by atoms with Gasteiger partial charge in [-0.3, -0.25) is 0 Å². The van der Waals surface area contributed by atoms with E-state index in [1.165, 1.54) is 38.5 Å². The van der Waals surface area contributed by atoms with Crippen molar-refractivity contribution in [3.05, 3.63) is 17.7 Å². The van der Waals surface area contributed by atoms with Crippen molar-refractivity contribution in [3.8, 4) is 5.75 Å². The van der Waals surface area contributed by atoms with Gasteiger partial charge in [-0.15, -0.1) is 0 Å². The molecule has 3 rings (SSSR count). The first-order chi connectivity index (χ1) is 10.2. The summed E-state index contributed by atoms with van der Waals surface area (Å²) >= 11 is 0. The third kappa shape index (κ3) is 4.16. The number of nitrogens with zero attached hydrogens (tertiary/aromatic N) is 2. The second kappa shape index (κ2) is 6.73. The molecule has 0 unspecified atom stereocenters. The highest BCUT2D eigenvalue weighted by atomic mass is 16.5. The molecule has 1 N–H and O–H groups in total. The molecule has 0 spiro atoms. The van der Waals surface area contributed by atoms with Gasteiger partial charge in [0.15, 0.2) is 5.75 Å². The van der Waals surface area contributed by atoms with Crippen molar-refractivity contribution in [1.82, 2.24) is 15.3 Å². The Morgan fingerprint density at radius 1 is 1.24 bits per heavy atom. The molecule has 0 amide bonds. The van der Waals surface area contributed by atoms with Crippen LogP contribution in [0.5, 0.6) is 5.75 Å². The normalized spacial score (nSPS) is 19.4. The van der Waals surface area contributed by atoms with Crippen molar-refractivity contribution in [2.75, 3.05) is 6.61 Å². The maximum atomic E-state index is 6.04. The van der Waals surface area contributed by atoms with Crippen LogP contribution in [0.1, 0.15) is 69.8 Å². The molecule has 2 fully saturated rings. The molecule has 1 aromatic rings. The van der Waals surface area contributed by atoms with E-state index >= 15 is 0 Å². The third-order valence-corrected chi connectivity index (χ3v) is 4.45. The third-order valence-electron chi connectivity index (χ3n) is 4.45. The van der Waals surface area contributed by atoms with Crippen LogP contribution in [-0.4, -0.2) is 22.6 Å². The SMILES string of the molecule is CC(C)c1ncc(OCC2CCCC2)c(CNC2CC2)n1. The Kier molecular flexibility index (Phi) is 4.73. The average molecular weight is 289 g/mol. The zero-order valence-corrected chi connectivity index (χ0v) is 13.3. The molecule has 0 radical (unpaired) electrons. The van der Waals surface area contributed by atoms with Crippen LogP contribution in [-0.2, 0) is 6.54 Å². The fourth-order valence-electron chi connectivity index (χ4n) is 2.86. The van der Waals surface area contributed by atoms with Gasteiger partial charge in [-0.05, 0) is 31.6 Å². The fourth-order valence-corrected chi connectivity index (χ4v) is 2.86. The minimum absolute atomic E-state index is 0.355. The molecule has 2 aliphatic carbocycles. The zero-order valence-electron chi connectivity index (χ0n) is 13.3. The topological polar surface area (TPSA) is 47.0 Å². The summed E-state index contributed by atoms with van der Waals surface area (Å²) in [5.74, 6) is 2.86. The van der Waals surface area contributed by atoms with Gasteiger partial charge in [0.2, 0.25) is 0 Å². The van der Waals surface area contributed by atoms with Gasteiger partial charge < -0.3 is 10.1 Å². The molecule has 0 aliphatic heterocycles. The summed E-state index contributed by atoms with van der Waals surface area (Å²) in [4.78, 5) is 9.18. The summed E-state index contributed by atoms with van der Waals surface area (Å²) in [7, 11) is 0. The van der Waals surface area contributed by atoms with E-state index < -0.39 is 0 Å². The first-order valence-corrected chi connectivity index (χ1v) is 8.44. The smallest absolute Gasteiger partial charge is 0.160 e. The Bertz CT molecular complexity index is 465. The number of hydrogen-bond acceptors (Lipinski definition) is 4. The van der Waals surface area contributed by atoms with E-state index in [9.17, 15) is 0 Å². The van der Waals surface area contributed by atoms with E-state index in [0.29, 0.717) is 12.0 Å². The van der Waals surface area contributed by atoms with Crippen LogP contribution >= 0.6 is 0 Å². The lowest BCUT2D eigenvalue weighted by molar-refractivity contribution is 0.247. The van der Waals surface area contributed by atoms with Gasteiger partial charge in [-0.1, -0.05) is 26.7 Å². The van der Waals surface area contributed by atoms with E-state index in [1.54, 1.807) is 0 Å². The summed E-state index contributed by atoms with van der Waals surface area (Å²) in [5, 5.41) is 3.54. The van der Waals surface area contributed by atoms with E-state index in [0.717, 1.165) is 36.3 Å². The zero-order chi connectivity index (χ0) is 14.7. The van der Waals surface area contributed by atoms with Gasteiger partial charge in [-0.2, -0.15) is 0 Å². The number of hydrogen-bond donors (Lipinski definition) is 1. The number of ether oxygens (including phenoxy) is 1.